The Balaban J connectivity index is 0.00000264. The first-order valence-electron chi connectivity index (χ1n) is 7.95. The molecule has 1 aromatic carbocycles. The van der Waals surface area contributed by atoms with Crippen LogP contribution in [0.15, 0.2) is 30.3 Å². The fraction of sp³-hybridized carbons (Fsp3) is 0.529. The van der Waals surface area contributed by atoms with E-state index in [0.29, 0.717) is 13.0 Å². The molecule has 0 saturated carbocycles. The minimum Gasteiger partial charge on any atom is -0.356 e. The molecule has 2 amide bonds. The molecule has 1 aromatic rings. The number of likely N-dealkylation sites (tertiary alicyclic amines) is 1. The molecule has 0 bridgehead atoms. The van der Waals surface area contributed by atoms with Gasteiger partial charge in [-0.05, 0) is 18.4 Å². The van der Waals surface area contributed by atoms with Gasteiger partial charge in [0.2, 0.25) is 11.8 Å². The molecule has 0 spiro atoms. The van der Waals surface area contributed by atoms with Crippen molar-refractivity contribution in [2.24, 2.45) is 11.7 Å². The van der Waals surface area contributed by atoms with E-state index in [1.165, 1.54) is 0 Å². The van der Waals surface area contributed by atoms with Gasteiger partial charge < -0.3 is 16.0 Å². The zero-order chi connectivity index (χ0) is 15.9. The predicted molar refractivity (Wildman–Crippen MR) is 93.2 cm³/mol. The smallest absolute Gasteiger partial charge is 0.224 e. The summed E-state index contributed by atoms with van der Waals surface area (Å²) in [5, 5.41) is 2.91. The van der Waals surface area contributed by atoms with Crippen LogP contribution < -0.4 is 11.1 Å². The van der Waals surface area contributed by atoms with Gasteiger partial charge in [0.1, 0.15) is 0 Å². The summed E-state index contributed by atoms with van der Waals surface area (Å²) in [7, 11) is 0. The largest absolute Gasteiger partial charge is 0.356 e. The highest BCUT2D eigenvalue weighted by Crippen LogP contribution is 2.19. The van der Waals surface area contributed by atoms with Crippen molar-refractivity contribution in [3.63, 3.8) is 0 Å². The van der Waals surface area contributed by atoms with Crippen LogP contribution >= 0.6 is 12.4 Å². The molecule has 5 nitrogen and oxygen atoms in total. The summed E-state index contributed by atoms with van der Waals surface area (Å²) in [6.07, 6.45) is 2.40. The molecule has 2 rings (SSSR count). The molecule has 23 heavy (non-hydrogen) atoms. The maximum absolute atomic E-state index is 12.1. The number of amides is 2. The summed E-state index contributed by atoms with van der Waals surface area (Å²) in [4.78, 5) is 25.5. The minimum absolute atomic E-state index is 0. The number of nitrogens with zero attached hydrogens (tertiary/aromatic N) is 1. The number of rotatable bonds is 7. The van der Waals surface area contributed by atoms with Crippen molar-refractivity contribution in [1.82, 2.24) is 10.2 Å². The van der Waals surface area contributed by atoms with E-state index in [4.69, 9.17) is 5.73 Å². The Bertz CT molecular complexity index is 510. The molecule has 0 aliphatic carbocycles. The zero-order valence-electron chi connectivity index (χ0n) is 13.5. The van der Waals surface area contributed by atoms with Gasteiger partial charge in [-0.1, -0.05) is 37.3 Å². The van der Waals surface area contributed by atoms with E-state index in [1.54, 1.807) is 0 Å². The Kier molecular flexibility index (Phi) is 8.06. The summed E-state index contributed by atoms with van der Waals surface area (Å²) in [5.74, 6) is -0.0919. The minimum atomic E-state index is -0.304. The highest BCUT2D eigenvalue weighted by atomic mass is 35.5. The second kappa shape index (κ2) is 9.53. The number of carbonyl (C=O) groups excluding carboxylic acids is 2. The van der Waals surface area contributed by atoms with Crippen LogP contribution in [-0.4, -0.2) is 36.3 Å². The Labute approximate surface area is 144 Å². The van der Waals surface area contributed by atoms with Gasteiger partial charge in [0.15, 0.2) is 0 Å². The number of carbonyl (C=O) groups is 2. The molecule has 0 aromatic heterocycles. The van der Waals surface area contributed by atoms with Gasteiger partial charge in [-0.3, -0.25) is 9.59 Å². The number of nitrogens with one attached hydrogen (secondary N) is 1. The molecule has 1 fully saturated rings. The topological polar surface area (TPSA) is 75.4 Å². The third kappa shape index (κ3) is 5.52. The van der Waals surface area contributed by atoms with E-state index in [2.05, 4.69) is 5.32 Å². The maximum atomic E-state index is 12.1. The molecule has 1 aliphatic rings. The van der Waals surface area contributed by atoms with Gasteiger partial charge in [-0.25, -0.2) is 0 Å². The quantitative estimate of drug-likeness (QED) is 0.745. The molecular formula is C17H26ClN3O2. The monoisotopic (exact) mass is 339 g/mol. The van der Waals surface area contributed by atoms with Gasteiger partial charge in [0.25, 0.3) is 0 Å². The van der Waals surface area contributed by atoms with Crippen molar-refractivity contribution in [3.8, 4) is 0 Å². The molecule has 1 heterocycles. The lowest BCUT2D eigenvalue weighted by atomic mass is 9.95. The Morgan fingerprint density at radius 2 is 2.04 bits per heavy atom. The summed E-state index contributed by atoms with van der Waals surface area (Å²) in [6.45, 7) is 3.99. The number of hydrogen-bond acceptors (Lipinski definition) is 3. The summed E-state index contributed by atoms with van der Waals surface area (Å²) in [6, 6.07) is 9.35. The molecule has 6 heteroatoms. The average molecular weight is 340 g/mol. The fourth-order valence-electron chi connectivity index (χ4n) is 2.71. The lowest BCUT2D eigenvalue weighted by molar-refractivity contribution is -0.127. The van der Waals surface area contributed by atoms with Crippen molar-refractivity contribution in [2.75, 3.05) is 19.6 Å². The lowest BCUT2D eigenvalue weighted by Gasteiger charge is -2.20. The molecule has 3 N–H and O–H groups in total. The van der Waals surface area contributed by atoms with Crippen LogP contribution in [0.2, 0.25) is 0 Å². The maximum Gasteiger partial charge on any atom is 0.224 e. The molecule has 1 saturated heterocycles. The first kappa shape index (κ1) is 19.5. The van der Waals surface area contributed by atoms with Crippen molar-refractivity contribution < 1.29 is 9.59 Å². The van der Waals surface area contributed by atoms with Gasteiger partial charge in [-0.15, -0.1) is 12.4 Å². The SMILES string of the molecule is CC(C(=O)NCCCN1CCCC1=O)C(N)c1ccccc1.Cl. The Hall–Kier alpha value is -1.59. The summed E-state index contributed by atoms with van der Waals surface area (Å²) in [5.41, 5.74) is 7.11. The normalized spacial score (nSPS) is 16.6. The summed E-state index contributed by atoms with van der Waals surface area (Å²) < 4.78 is 0. The summed E-state index contributed by atoms with van der Waals surface area (Å²) >= 11 is 0. The third-order valence-corrected chi connectivity index (χ3v) is 4.21. The van der Waals surface area contributed by atoms with Gasteiger partial charge in [-0.2, -0.15) is 0 Å². The first-order chi connectivity index (χ1) is 10.6. The van der Waals surface area contributed by atoms with Gasteiger partial charge >= 0.3 is 0 Å². The van der Waals surface area contributed by atoms with Crippen LogP contribution in [0.1, 0.15) is 37.8 Å². The van der Waals surface area contributed by atoms with E-state index in [9.17, 15) is 9.59 Å². The van der Waals surface area contributed by atoms with Crippen LogP contribution in [-0.2, 0) is 9.59 Å². The number of nitrogens with two attached hydrogens (primary N) is 1. The van der Waals surface area contributed by atoms with Gasteiger partial charge in [0, 0.05) is 32.1 Å². The molecule has 128 valence electrons. The number of halogens is 1. The van der Waals surface area contributed by atoms with Crippen molar-refractivity contribution in [3.05, 3.63) is 35.9 Å². The molecule has 1 aliphatic heterocycles. The predicted octanol–water partition coefficient (Wildman–Crippen LogP) is 1.87. The average Bonchev–Trinajstić information content (AvgIpc) is 2.96. The third-order valence-electron chi connectivity index (χ3n) is 4.21. The molecular weight excluding hydrogens is 314 g/mol. The molecule has 2 unspecified atom stereocenters. The van der Waals surface area contributed by atoms with Crippen LogP contribution in [0.5, 0.6) is 0 Å². The Morgan fingerprint density at radius 1 is 1.35 bits per heavy atom. The van der Waals surface area contributed by atoms with Crippen molar-refractivity contribution >= 4 is 24.2 Å². The number of hydrogen-bond donors (Lipinski definition) is 2. The van der Waals surface area contributed by atoms with E-state index in [0.717, 1.165) is 31.5 Å². The second-order valence-electron chi connectivity index (χ2n) is 5.85. The highest BCUT2D eigenvalue weighted by Gasteiger charge is 2.22. The van der Waals surface area contributed by atoms with Crippen LogP contribution in [0.3, 0.4) is 0 Å². The standard InChI is InChI=1S/C17H25N3O2.ClH/c1-13(16(18)14-7-3-2-4-8-14)17(22)19-10-6-12-20-11-5-9-15(20)21;/h2-4,7-8,13,16H,5-6,9-12,18H2,1H3,(H,19,22);1H. The van der Waals surface area contributed by atoms with Crippen LogP contribution in [0.25, 0.3) is 0 Å². The molecule has 2 atom stereocenters. The van der Waals surface area contributed by atoms with E-state index < -0.39 is 0 Å². The van der Waals surface area contributed by atoms with Crippen LogP contribution in [0.4, 0.5) is 0 Å². The molecule has 0 radical (unpaired) electrons. The zero-order valence-corrected chi connectivity index (χ0v) is 14.3. The fourth-order valence-corrected chi connectivity index (χ4v) is 2.71. The van der Waals surface area contributed by atoms with Crippen molar-refractivity contribution in [1.29, 1.82) is 0 Å². The lowest BCUT2D eigenvalue weighted by Crippen LogP contribution is -2.37. The van der Waals surface area contributed by atoms with Gasteiger partial charge in [0.05, 0.1) is 5.92 Å². The second-order valence-corrected chi connectivity index (χ2v) is 5.85. The Morgan fingerprint density at radius 3 is 2.65 bits per heavy atom. The van der Waals surface area contributed by atoms with Crippen LogP contribution in [0, 0.1) is 5.92 Å². The van der Waals surface area contributed by atoms with E-state index in [1.807, 2.05) is 42.2 Å². The van der Waals surface area contributed by atoms with E-state index in [-0.39, 0.29) is 36.2 Å². The number of benzene rings is 1. The highest BCUT2D eigenvalue weighted by molar-refractivity contribution is 5.85. The van der Waals surface area contributed by atoms with E-state index >= 15 is 0 Å². The van der Waals surface area contributed by atoms with Crippen molar-refractivity contribution in [2.45, 2.75) is 32.2 Å². The first-order valence-corrected chi connectivity index (χ1v) is 7.95.